The summed E-state index contributed by atoms with van der Waals surface area (Å²) in [6, 6.07) is 0. The number of esters is 1. The molecule has 0 fully saturated rings. The van der Waals surface area contributed by atoms with Crippen LogP contribution in [0.5, 0.6) is 0 Å². The highest BCUT2D eigenvalue weighted by molar-refractivity contribution is 6.29. The Hall–Kier alpha value is 0.0500. The molecule has 4 heteroatoms. The van der Waals surface area contributed by atoms with E-state index in [9.17, 15) is 4.79 Å². The van der Waals surface area contributed by atoms with Crippen molar-refractivity contribution in [2.75, 3.05) is 7.11 Å². The van der Waals surface area contributed by atoms with Crippen LogP contribution in [0.15, 0.2) is 0 Å². The first-order chi connectivity index (χ1) is 13.1. The third-order valence-electron chi connectivity index (χ3n) is 5.31. The number of methoxy groups -OCH3 is 1. The van der Waals surface area contributed by atoms with E-state index in [0.29, 0.717) is 6.42 Å². The molecule has 0 aliphatic rings. The molecule has 0 N–H and O–H groups in total. The quantitative estimate of drug-likeness (QED) is 0.112. The molecule has 0 radical (unpaired) electrons. The zero-order chi connectivity index (χ0) is 20.2. The van der Waals surface area contributed by atoms with Gasteiger partial charge in [0.1, 0.15) is 0 Å². The third-order valence-corrected chi connectivity index (χ3v) is 6.49. The Morgan fingerprint density at radius 2 is 1.04 bits per heavy atom. The Morgan fingerprint density at radius 1 is 0.667 bits per heavy atom. The SMILES string of the molecule is CCCCCCCCC(Cl)C(Cl)CCCCCCCCCCCC(=O)OC. The van der Waals surface area contributed by atoms with Gasteiger partial charge in [0.15, 0.2) is 0 Å². The van der Waals surface area contributed by atoms with Crippen LogP contribution < -0.4 is 0 Å². The average Bonchev–Trinajstić information content (AvgIpc) is 2.68. The lowest BCUT2D eigenvalue weighted by molar-refractivity contribution is -0.140. The van der Waals surface area contributed by atoms with Crippen molar-refractivity contribution < 1.29 is 9.53 Å². The molecule has 0 aromatic rings. The van der Waals surface area contributed by atoms with Crippen LogP contribution in [0.25, 0.3) is 0 Å². The van der Waals surface area contributed by atoms with Crippen molar-refractivity contribution in [3.8, 4) is 0 Å². The topological polar surface area (TPSA) is 26.3 Å². The summed E-state index contributed by atoms with van der Waals surface area (Å²) in [5.74, 6) is -0.0845. The monoisotopic (exact) mass is 422 g/mol. The molecule has 0 saturated heterocycles. The predicted octanol–water partition coefficient (Wildman–Crippen LogP) is 8.42. The number of unbranched alkanes of at least 4 members (excludes halogenated alkanes) is 13. The molecule has 0 aliphatic carbocycles. The van der Waals surface area contributed by atoms with Crippen LogP contribution >= 0.6 is 23.2 Å². The summed E-state index contributed by atoms with van der Waals surface area (Å²) in [5, 5.41) is 0.278. The first-order valence-electron chi connectivity index (χ1n) is 11.5. The third kappa shape index (κ3) is 19.2. The van der Waals surface area contributed by atoms with Gasteiger partial charge in [0, 0.05) is 17.2 Å². The lowest BCUT2D eigenvalue weighted by Gasteiger charge is -2.16. The highest BCUT2D eigenvalue weighted by atomic mass is 35.5. The predicted molar refractivity (Wildman–Crippen MR) is 120 cm³/mol. The van der Waals surface area contributed by atoms with E-state index in [2.05, 4.69) is 11.7 Å². The smallest absolute Gasteiger partial charge is 0.305 e. The Bertz CT molecular complexity index is 324. The maximum Gasteiger partial charge on any atom is 0.305 e. The summed E-state index contributed by atoms with van der Waals surface area (Å²) in [5.41, 5.74) is 0. The zero-order valence-electron chi connectivity index (χ0n) is 18.0. The van der Waals surface area contributed by atoms with Crippen molar-refractivity contribution in [1.29, 1.82) is 0 Å². The lowest BCUT2D eigenvalue weighted by atomic mass is 10.0. The Balaban J connectivity index is 3.32. The number of alkyl halides is 2. The second-order valence-electron chi connectivity index (χ2n) is 7.89. The van der Waals surface area contributed by atoms with Gasteiger partial charge in [-0.3, -0.25) is 4.79 Å². The van der Waals surface area contributed by atoms with E-state index in [4.69, 9.17) is 23.2 Å². The fourth-order valence-corrected chi connectivity index (χ4v) is 3.99. The van der Waals surface area contributed by atoms with E-state index in [0.717, 1.165) is 25.7 Å². The molecule has 0 amide bonds. The molecule has 0 aromatic carbocycles. The first kappa shape index (κ1) is 27.0. The molecule has 162 valence electrons. The fraction of sp³-hybridized carbons (Fsp3) is 0.957. The van der Waals surface area contributed by atoms with Crippen LogP contribution in [0.4, 0.5) is 0 Å². The van der Waals surface area contributed by atoms with Crippen molar-refractivity contribution in [1.82, 2.24) is 0 Å². The fourth-order valence-electron chi connectivity index (χ4n) is 3.43. The molecule has 0 heterocycles. The number of carbonyl (C=O) groups is 1. The second-order valence-corrected chi connectivity index (χ2v) is 9.01. The van der Waals surface area contributed by atoms with Gasteiger partial charge in [0.05, 0.1) is 7.11 Å². The molecular weight excluding hydrogens is 379 g/mol. The van der Waals surface area contributed by atoms with E-state index in [1.54, 1.807) is 0 Å². The molecule has 2 nitrogen and oxygen atoms in total. The maximum atomic E-state index is 11.0. The average molecular weight is 424 g/mol. The van der Waals surface area contributed by atoms with Gasteiger partial charge in [-0.2, -0.15) is 0 Å². The van der Waals surface area contributed by atoms with Gasteiger partial charge in [-0.15, -0.1) is 23.2 Å². The summed E-state index contributed by atoms with van der Waals surface area (Å²) >= 11 is 12.9. The Labute approximate surface area is 179 Å². The number of hydrogen-bond donors (Lipinski definition) is 0. The molecule has 2 atom stereocenters. The lowest BCUT2D eigenvalue weighted by Crippen LogP contribution is -2.14. The number of halogens is 2. The van der Waals surface area contributed by atoms with Gasteiger partial charge in [0.2, 0.25) is 0 Å². The van der Waals surface area contributed by atoms with Crippen LogP contribution in [0.1, 0.15) is 122 Å². The number of rotatable bonds is 20. The van der Waals surface area contributed by atoms with Crippen molar-refractivity contribution in [2.24, 2.45) is 0 Å². The molecular formula is C23H44Cl2O2. The van der Waals surface area contributed by atoms with E-state index in [1.807, 2.05) is 0 Å². The van der Waals surface area contributed by atoms with Gasteiger partial charge in [-0.1, -0.05) is 96.8 Å². The molecule has 0 spiro atoms. The molecule has 0 rings (SSSR count). The second kappa shape index (κ2) is 20.8. The van der Waals surface area contributed by atoms with Crippen LogP contribution in [0.2, 0.25) is 0 Å². The molecule has 0 saturated carbocycles. The summed E-state index contributed by atoms with van der Waals surface area (Å²) in [6.07, 6.45) is 21.6. The minimum Gasteiger partial charge on any atom is -0.469 e. The standard InChI is InChI=1S/C23H44Cl2O2/c1-3-4-5-6-12-15-18-21(24)22(25)19-16-13-10-8-7-9-11-14-17-20-23(26)27-2/h21-22H,3-20H2,1-2H3. The van der Waals surface area contributed by atoms with E-state index in [-0.39, 0.29) is 16.7 Å². The van der Waals surface area contributed by atoms with Crippen LogP contribution in [-0.2, 0) is 9.53 Å². The summed E-state index contributed by atoms with van der Waals surface area (Å²) in [4.78, 5) is 11.0. The molecule has 2 unspecified atom stereocenters. The highest BCUT2D eigenvalue weighted by Crippen LogP contribution is 2.23. The van der Waals surface area contributed by atoms with Crippen LogP contribution in [-0.4, -0.2) is 23.8 Å². The Morgan fingerprint density at radius 3 is 1.44 bits per heavy atom. The summed E-state index contributed by atoms with van der Waals surface area (Å²) in [6.45, 7) is 2.25. The zero-order valence-corrected chi connectivity index (χ0v) is 19.5. The minimum atomic E-state index is -0.0845. The van der Waals surface area contributed by atoms with Gasteiger partial charge >= 0.3 is 5.97 Å². The number of hydrogen-bond acceptors (Lipinski definition) is 2. The van der Waals surface area contributed by atoms with Crippen molar-refractivity contribution in [3.63, 3.8) is 0 Å². The van der Waals surface area contributed by atoms with Gasteiger partial charge in [0.25, 0.3) is 0 Å². The van der Waals surface area contributed by atoms with Gasteiger partial charge in [-0.05, 0) is 19.3 Å². The summed E-state index contributed by atoms with van der Waals surface area (Å²) < 4.78 is 4.64. The van der Waals surface area contributed by atoms with Crippen molar-refractivity contribution >= 4 is 29.2 Å². The molecule has 0 bridgehead atoms. The van der Waals surface area contributed by atoms with E-state index >= 15 is 0 Å². The van der Waals surface area contributed by atoms with Crippen LogP contribution in [0, 0.1) is 0 Å². The summed E-state index contributed by atoms with van der Waals surface area (Å²) in [7, 11) is 1.46. The Kier molecular flexibility index (Phi) is 20.8. The number of ether oxygens (including phenoxy) is 1. The van der Waals surface area contributed by atoms with Gasteiger partial charge in [-0.25, -0.2) is 0 Å². The minimum absolute atomic E-state index is 0.0845. The first-order valence-corrected chi connectivity index (χ1v) is 12.3. The highest BCUT2D eigenvalue weighted by Gasteiger charge is 2.15. The molecule has 0 aliphatic heterocycles. The van der Waals surface area contributed by atoms with Crippen LogP contribution in [0.3, 0.4) is 0 Å². The molecule has 0 aromatic heterocycles. The number of carbonyl (C=O) groups excluding carboxylic acids is 1. The maximum absolute atomic E-state index is 11.0. The normalized spacial score (nSPS) is 13.5. The molecule has 27 heavy (non-hydrogen) atoms. The van der Waals surface area contributed by atoms with Crippen molar-refractivity contribution in [3.05, 3.63) is 0 Å². The largest absolute Gasteiger partial charge is 0.469 e. The van der Waals surface area contributed by atoms with Crippen molar-refractivity contribution in [2.45, 2.75) is 133 Å². The van der Waals surface area contributed by atoms with E-state index < -0.39 is 0 Å². The van der Waals surface area contributed by atoms with Gasteiger partial charge < -0.3 is 4.74 Å². The van der Waals surface area contributed by atoms with E-state index in [1.165, 1.54) is 90.6 Å².